The number of rotatable bonds is 3. The second-order valence-electron chi connectivity index (χ2n) is 3.87. The fourth-order valence-corrected chi connectivity index (χ4v) is 1.86. The van der Waals surface area contributed by atoms with Crippen molar-refractivity contribution in [1.29, 1.82) is 0 Å². The van der Waals surface area contributed by atoms with Crippen LogP contribution in [0.1, 0.15) is 5.56 Å². The number of ether oxygens (including phenoxy) is 1. The highest BCUT2D eigenvalue weighted by Gasteiger charge is 2.45. The smallest absolute Gasteiger partial charge is 0.287 e. The summed E-state index contributed by atoms with van der Waals surface area (Å²) in [4.78, 5) is 9.53. The maximum absolute atomic E-state index is 13.1. The van der Waals surface area contributed by atoms with E-state index >= 15 is 0 Å². The minimum Gasteiger partial charge on any atom is -0.469 e. The number of benzene rings is 1. The van der Waals surface area contributed by atoms with Gasteiger partial charge in [0.1, 0.15) is 10.7 Å². The van der Waals surface area contributed by atoms with Crippen molar-refractivity contribution in [3.05, 3.63) is 40.0 Å². The normalized spacial score (nSPS) is 20.8. The molecule has 0 amide bonds. The lowest BCUT2D eigenvalue weighted by atomic mass is 9.98. The third kappa shape index (κ3) is 2.14. The van der Waals surface area contributed by atoms with Gasteiger partial charge in [-0.25, -0.2) is 8.78 Å². The lowest BCUT2D eigenvalue weighted by molar-refractivity contribution is -0.384. The van der Waals surface area contributed by atoms with Crippen molar-refractivity contribution in [1.82, 2.24) is 0 Å². The van der Waals surface area contributed by atoms with Crippen LogP contribution < -0.4 is 10.5 Å². The van der Waals surface area contributed by atoms with E-state index in [2.05, 4.69) is 12.2 Å². The Kier molecular flexibility index (Phi) is 3.19. The zero-order valence-electron chi connectivity index (χ0n) is 9.38. The van der Waals surface area contributed by atoms with Crippen LogP contribution in [0.3, 0.4) is 0 Å². The number of hydrogen-bond donors (Lipinski definition) is 1. The number of nitrogens with zero attached hydrogens (tertiary/aromatic N) is 1. The Morgan fingerprint density at radius 2 is 2.21 bits per heavy atom. The molecule has 1 aromatic rings. The summed E-state index contributed by atoms with van der Waals surface area (Å²) in [5.41, 5.74) is 3.30. The summed E-state index contributed by atoms with van der Waals surface area (Å²) in [7, 11) is 0. The minimum absolute atomic E-state index is 0.0706. The second kappa shape index (κ2) is 4.54. The van der Waals surface area contributed by atoms with Crippen molar-refractivity contribution in [3.8, 4) is 5.75 Å². The summed E-state index contributed by atoms with van der Waals surface area (Å²) in [5, 5.41) is 10.6. The van der Waals surface area contributed by atoms with Crippen LogP contribution in [-0.4, -0.2) is 21.9 Å². The zero-order chi connectivity index (χ0) is 14.2. The van der Waals surface area contributed by atoms with E-state index in [0.29, 0.717) is 5.56 Å². The van der Waals surface area contributed by atoms with Crippen LogP contribution in [0, 0.1) is 10.1 Å². The van der Waals surface area contributed by atoms with Gasteiger partial charge in [0.2, 0.25) is 5.60 Å². The Hall–Kier alpha value is -2.09. The number of thiocarbonyl (C=S) groups is 1. The SMILES string of the molecule is NC(=S)C1(C(F)F)C=Cc2cc([N+](=O)[O-])ccc2O1. The highest BCUT2D eigenvalue weighted by Crippen LogP contribution is 2.36. The van der Waals surface area contributed by atoms with Gasteiger partial charge in [-0.1, -0.05) is 18.3 Å². The highest BCUT2D eigenvalue weighted by atomic mass is 32.1. The van der Waals surface area contributed by atoms with E-state index in [1.165, 1.54) is 18.2 Å². The lowest BCUT2D eigenvalue weighted by Gasteiger charge is -2.32. The number of halogens is 2. The Balaban J connectivity index is 2.47. The molecule has 8 heteroatoms. The molecule has 0 aromatic heterocycles. The van der Waals surface area contributed by atoms with Crippen LogP contribution in [0.15, 0.2) is 24.3 Å². The topological polar surface area (TPSA) is 78.4 Å². The summed E-state index contributed by atoms with van der Waals surface area (Å²) in [6.45, 7) is 0. The molecule has 19 heavy (non-hydrogen) atoms. The van der Waals surface area contributed by atoms with Gasteiger partial charge in [-0.15, -0.1) is 0 Å². The molecule has 0 saturated heterocycles. The third-order valence-corrected chi connectivity index (χ3v) is 3.02. The molecule has 1 heterocycles. The van der Waals surface area contributed by atoms with Crippen molar-refractivity contribution in [3.63, 3.8) is 0 Å². The number of alkyl halides is 2. The van der Waals surface area contributed by atoms with Gasteiger partial charge in [0.15, 0.2) is 0 Å². The molecule has 1 aromatic carbocycles. The Morgan fingerprint density at radius 1 is 1.53 bits per heavy atom. The maximum Gasteiger partial charge on any atom is 0.287 e. The summed E-state index contributed by atoms with van der Waals surface area (Å²) >= 11 is 4.61. The number of hydrogen-bond acceptors (Lipinski definition) is 4. The van der Waals surface area contributed by atoms with E-state index in [-0.39, 0.29) is 11.4 Å². The van der Waals surface area contributed by atoms with Crippen LogP contribution in [0.2, 0.25) is 0 Å². The van der Waals surface area contributed by atoms with Crippen LogP contribution in [-0.2, 0) is 0 Å². The molecule has 2 N–H and O–H groups in total. The molecule has 1 atom stereocenters. The van der Waals surface area contributed by atoms with E-state index in [4.69, 9.17) is 10.5 Å². The molecule has 0 spiro atoms. The maximum atomic E-state index is 13.1. The minimum atomic E-state index is -2.94. The summed E-state index contributed by atoms with van der Waals surface area (Å²) in [6, 6.07) is 3.63. The number of nitrogens with two attached hydrogens (primary N) is 1. The number of nitro groups is 1. The van der Waals surface area contributed by atoms with Crippen LogP contribution in [0.25, 0.3) is 6.08 Å². The van der Waals surface area contributed by atoms with Crippen molar-refractivity contribution in [2.75, 3.05) is 0 Å². The molecular formula is C11H8F2N2O3S. The Labute approximate surface area is 111 Å². The quantitative estimate of drug-likeness (QED) is 0.524. The van der Waals surface area contributed by atoms with Crippen molar-refractivity contribution >= 4 is 29.0 Å². The first-order chi connectivity index (χ1) is 8.86. The van der Waals surface area contributed by atoms with Crippen LogP contribution in [0.5, 0.6) is 5.75 Å². The van der Waals surface area contributed by atoms with Gasteiger partial charge < -0.3 is 10.5 Å². The molecule has 0 bridgehead atoms. The Bertz CT molecular complexity index is 591. The van der Waals surface area contributed by atoms with Crippen LogP contribution in [0.4, 0.5) is 14.5 Å². The van der Waals surface area contributed by atoms with Gasteiger partial charge in [0, 0.05) is 17.7 Å². The van der Waals surface area contributed by atoms with Gasteiger partial charge in [-0.3, -0.25) is 10.1 Å². The van der Waals surface area contributed by atoms with Gasteiger partial charge >= 0.3 is 0 Å². The lowest BCUT2D eigenvalue weighted by Crippen LogP contribution is -2.53. The predicted molar refractivity (Wildman–Crippen MR) is 68.3 cm³/mol. The molecule has 1 aliphatic rings. The van der Waals surface area contributed by atoms with E-state index in [1.807, 2.05) is 0 Å². The first kappa shape index (κ1) is 13.3. The standard InChI is InChI=1S/C11H8F2N2O3S/c12-9(13)11(10(14)19)4-3-6-5-7(15(16)17)1-2-8(6)18-11/h1-5,9H,(H2,14,19). The van der Waals surface area contributed by atoms with Crippen molar-refractivity contribution in [2.45, 2.75) is 12.0 Å². The molecule has 1 aliphatic heterocycles. The fourth-order valence-electron chi connectivity index (χ4n) is 1.66. The van der Waals surface area contributed by atoms with Gasteiger partial charge in [0.05, 0.1) is 4.92 Å². The van der Waals surface area contributed by atoms with E-state index in [9.17, 15) is 18.9 Å². The number of non-ortho nitro benzene ring substituents is 1. The molecule has 2 rings (SSSR count). The zero-order valence-corrected chi connectivity index (χ0v) is 10.2. The van der Waals surface area contributed by atoms with Crippen molar-refractivity contribution in [2.24, 2.45) is 5.73 Å². The molecule has 0 fully saturated rings. The number of nitro benzene ring substituents is 1. The summed E-state index contributed by atoms with van der Waals surface area (Å²) < 4.78 is 31.3. The second-order valence-corrected chi connectivity index (χ2v) is 4.31. The summed E-state index contributed by atoms with van der Waals surface area (Å²) in [5.74, 6) is 0.0706. The molecule has 0 saturated carbocycles. The van der Waals surface area contributed by atoms with Gasteiger partial charge in [0.25, 0.3) is 12.1 Å². The molecule has 1 unspecified atom stereocenters. The Morgan fingerprint density at radius 3 is 2.74 bits per heavy atom. The van der Waals surface area contributed by atoms with Crippen LogP contribution >= 0.6 is 12.2 Å². The van der Waals surface area contributed by atoms with E-state index < -0.39 is 21.9 Å². The average Bonchev–Trinajstić information content (AvgIpc) is 2.36. The summed E-state index contributed by atoms with van der Waals surface area (Å²) in [6.07, 6.45) is -0.631. The fraction of sp³-hybridized carbons (Fsp3) is 0.182. The average molecular weight is 286 g/mol. The molecule has 0 radical (unpaired) electrons. The molecule has 100 valence electrons. The largest absolute Gasteiger partial charge is 0.469 e. The van der Waals surface area contributed by atoms with E-state index in [0.717, 1.165) is 12.1 Å². The molecule has 5 nitrogen and oxygen atoms in total. The van der Waals surface area contributed by atoms with Gasteiger partial charge in [-0.2, -0.15) is 0 Å². The third-order valence-electron chi connectivity index (χ3n) is 2.70. The highest BCUT2D eigenvalue weighted by molar-refractivity contribution is 7.80. The first-order valence-corrected chi connectivity index (χ1v) is 5.52. The monoisotopic (exact) mass is 286 g/mol. The van der Waals surface area contributed by atoms with Crippen molar-refractivity contribution < 1.29 is 18.4 Å². The molecular weight excluding hydrogens is 278 g/mol. The van der Waals surface area contributed by atoms with E-state index in [1.54, 1.807) is 0 Å². The number of fused-ring (bicyclic) bond motifs is 1. The predicted octanol–water partition coefficient (Wildman–Crippen LogP) is 2.29. The van der Waals surface area contributed by atoms with Gasteiger partial charge in [-0.05, 0) is 12.1 Å². The molecule has 0 aliphatic carbocycles. The first-order valence-electron chi connectivity index (χ1n) is 5.11.